The van der Waals surface area contributed by atoms with E-state index >= 15 is 0 Å². The molecule has 1 aliphatic heterocycles. The van der Waals surface area contributed by atoms with Gasteiger partial charge in [0.25, 0.3) is 0 Å². The first-order chi connectivity index (χ1) is 9.96. The van der Waals surface area contributed by atoms with E-state index in [0.717, 1.165) is 45.7 Å². The van der Waals surface area contributed by atoms with Crippen LogP contribution in [0.3, 0.4) is 0 Å². The van der Waals surface area contributed by atoms with E-state index in [1.54, 1.807) is 0 Å². The van der Waals surface area contributed by atoms with E-state index in [4.69, 9.17) is 4.74 Å². The fraction of sp³-hybridized carbons (Fsp3) is 0.938. The van der Waals surface area contributed by atoms with Crippen LogP contribution in [0.25, 0.3) is 0 Å². The van der Waals surface area contributed by atoms with Crippen LogP contribution < -0.4 is 5.32 Å². The number of hydrogen-bond acceptors (Lipinski definition) is 5. The zero-order valence-corrected chi connectivity index (χ0v) is 14.4. The maximum Gasteiger partial charge on any atom is 0.326 e. The van der Waals surface area contributed by atoms with Gasteiger partial charge < -0.3 is 15.0 Å². The van der Waals surface area contributed by atoms with Gasteiger partial charge in [-0.1, -0.05) is 13.8 Å². The first-order valence-corrected chi connectivity index (χ1v) is 8.35. The number of carbonyl (C=O) groups excluding carboxylic acids is 1. The molecule has 0 aliphatic carbocycles. The lowest BCUT2D eigenvalue weighted by Crippen LogP contribution is -2.56. The average Bonchev–Trinajstić information content (AvgIpc) is 2.47. The fourth-order valence-electron chi connectivity index (χ4n) is 3.15. The van der Waals surface area contributed by atoms with Crippen LogP contribution in [-0.2, 0) is 9.53 Å². The molecular formula is C16H33N3O2. The molecule has 1 heterocycles. The van der Waals surface area contributed by atoms with Gasteiger partial charge in [0, 0.05) is 32.2 Å². The molecule has 2 atom stereocenters. The summed E-state index contributed by atoms with van der Waals surface area (Å²) < 4.78 is 5.25. The van der Waals surface area contributed by atoms with E-state index in [-0.39, 0.29) is 5.97 Å². The molecule has 2 unspecified atom stereocenters. The van der Waals surface area contributed by atoms with E-state index in [9.17, 15) is 4.79 Å². The molecule has 0 saturated carbocycles. The zero-order chi connectivity index (χ0) is 15.9. The van der Waals surface area contributed by atoms with Crippen LogP contribution in [0.5, 0.6) is 0 Å². The number of esters is 1. The van der Waals surface area contributed by atoms with Crippen LogP contribution in [0, 0.1) is 0 Å². The predicted molar refractivity (Wildman–Crippen MR) is 86.5 cm³/mol. The van der Waals surface area contributed by atoms with Crippen molar-refractivity contribution in [2.24, 2.45) is 0 Å². The number of rotatable bonds is 8. The molecule has 1 aliphatic rings. The van der Waals surface area contributed by atoms with Crippen LogP contribution in [0.1, 0.15) is 41.0 Å². The summed E-state index contributed by atoms with van der Waals surface area (Å²) in [7, 11) is 0. The van der Waals surface area contributed by atoms with Crippen molar-refractivity contribution in [1.29, 1.82) is 0 Å². The summed E-state index contributed by atoms with van der Waals surface area (Å²) in [4.78, 5) is 17.2. The molecule has 0 bridgehead atoms. The summed E-state index contributed by atoms with van der Waals surface area (Å²) >= 11 is 0. The van der Waals surface area contributed by atoms with E-state index in [1.165, 1.54) is 0 Å². The first-order valence-electron chi connectivity index (χ1n) is 8.35. The molecule has 5 heteroatoms. The summed E-state index contributed by atoms with van der Waals surface area (Å²) in [6.07, 6.45) is 0.784. The second kappa shape index (κ2) is 8.71. The number of likely N-dealkylation sites (N-methyl/N-ethyl adjacent to an activating group) is 2. The van der Waals surface area contributed by atoms with Crippen molar-refractivity contribution in [2.45, 2.75) is 52.6 Å². The van der Waals surface area contributed by atoms with Gasteiger partial charge in [-0.25, -0.2) is 0 Å². The molecule has 1 rings (SSSR count). The van der Waals surface area contributed by atoms with Gasteiger partial charge in [0.2, 0.25) is 0 Å². The third-order valence-corrected chi connectivity index (χ3v) is 4.47. The minimum Gasteiger partial charge on any atom is -0.465 e. The minimum atomic E-state index is -0.591. The summed E-state index contributed by atoms with van der Waals surface area (Å²) in [6.45, 7) is 17.0. The van der Waals surface area contributed by atoms with E-state index in [2.05, 4.69) is 29.0 Å². The van der Waals surface area contributed by atoms with Crippen molar-refractivity contribution in [3.63, 3.8) is 0 Å². The minimum absolute atomic E-state index is 0.133. The van der Waals surface area contributed by atoms with Gasteiger partial charge in [0.1, 0.15) is 5.54 Å². The Labute approximate surface area is 130 Å². The molecule has 0 radical (unpaired) electrons. The average molecular weight is 299 g/mol. The summed E-state index contributed by atoms with van der Waals surface area (Å²) in [5.41, 5.74) is -0.591. The Hall–Kier alpha value is -0.650. The molecule has 0 aromatic heterocycles. The molecule has 0 aromatic carbocycles. The van der Waals surface area contributed by atoms with Crippen molar-refractivity contribution in [3.05, 3.63) is 0 Å². The standard InChI is InChI=1S/C16H33N3O2/c1-6-17-16(5,15(20)21-8-3)13-14(4)19-11-9-18(7-2)10-12-19/h14,17H,6-13H2,1-5H3. The Balaban J connectivity index is 2.60. The topological polar surface area (TPSA) is 44.8 Å². The Morgan fingerprint density at radius 1 is 1.24 bits per heavy atom. The third-order valence-electron chi connectivity index (χ3n) is 4.47. The van der Waals surface area contributed by atoms with Gasteiger partial charge in [0.15, 0.2) is 0 Å². The van der Waals surface area contributed by atoms with Crippen LogP contribution in [0.15, 0.2) is 0 Å². The van der Waals surface area contributed by atoms with Crippen molar-refractivity contribution < 1.29 is 9.53 Å². The Morgan fingerprint density at radius 2 is 1.86 bits per heavy atom. The second-order valence-electron chi connectivity index (χ2n) is 6.11. The lowest BCUT2D eigenvalue weighted by molar-refractivity contribution is -0.151. The van der Waals surface area contributed by atoms with E-state index in [0.29, 0.717) is 12.6 Å². The van der Waals surface area contributed by atoms with E-state index in [1.807, 2.05) is 20.8 Å². The number of piperazine rings is 1. The van der Waals surface area contributed by atoms with Crippen molar-refractivity contribution in [1.82, 2.24) is 15.1 Å². The highest BCUT2D eigenvalue weighted by Crippen LogP contribution is 2.19. The van der Waals surface area contributed by atoms with Crippen LogP contribution in [0.4, 0.5) is 0 Å². The largest absolute Gasteiger partial charge is 0.465 e. The Kier molecular flexibility index (Phi) is 7.63. The summed E-state index contributed by atoms with van der Waals surface area (Å²) in [6, 6.07) is 0.373. The van der Waals surface area contributed by atoms with Crippen LogP contribution in [-0.4, -0.2) is 73.2 Å². The lowest BCUT2D eigenvalue weighted by atomic mass is 9.92. The molecule has 0 spiro atoms. The van der Waals surface area contributed by atoms with Gasteiger partial charge >= 0.3 is 5.97 Å². The second-order valence-corrected chi connectivity index (χ2v) is 6.11. The third kappa shape index (κ3) is 5.24. The molecule has 21 heavy (non-hydrogen) atoms. The molecule has 5 nitrogen and oxygen atoms in total. The van der Waals surface area contributed by atoms with Crippen LogP contribution in [0.2, 0.25) is 0 Å². The number of ether oxygens (including phenoxy) is 1. The molecule has 0 amide bonds. The fourth-order valence-corrected chi connectivity index (χ4v) is 3.15. The van der Waals surface area contributed by atoms with Gasteiger partial charge in [-0.15, -0.1) is 0 Å². The quantitative estimate of drug-likeness (QED) is 0.685. The Morgan fingerprint density at radius 3 is 2.33 bits per heavy atom. The predicted octanol–water partition coefficient (Wildman–Crippen LogP) is 1.33. The van der Waals surface area contributed by atoms with Crippen molar-refractivity contribution in [3.8, 4) is 0 Å². The van der Waals surface area contributed by atoms with Gasteiger partial charge in [-0.2, -0.15) is 0 Å². The molecule has 0 aromatic rings. The maximum atomic E-state index is 12.3. The van der Waals surface area contributed by atoms with Crippen LogP contribution >= 0.6 is 0 Å². The smallest absolute Gasteiger partial charge is 0.326 e. The number of hydrogen-bond donors (Lipinski definition) is 1. The normalized spacial score (nSPS) is 21.8. The molecule has 1 N–H and O–H groups in total. The zero-order valence-electron chi connectivity index (χ0n) is 14.4. The van der Waals surface area contributed by atoms with E-state index < -0.39 is 5.54 Å². The molecule has 124 valence electrons. The lowest BCUT2D eigenvalue weighted by Gasteiger charge is -2.40. The first kappa shape index (κ1) is 18.4. The van der Waals surface area contributed by atoms with Gasteiger partial charge in [-0.05, 0) is 40.3 Å². The maximum absolute atomic E-state index is 12.3. The van der Waals surface area contributed by atoms with Crippen molar-refractivity contribution >= 4 is 5.97 Å². The highest BCUT2D eigenvalue weighted by atomic mass is 16.5. The Bertz CT molecular complexity index is 317. The molecule has 1 saturated heterocycles. The summed E-state index contributed by atoms with van der Waals surface area (Å²) in [5.74, 6) is -0.133. The van der Waals surface area contributed by atoms with Crippen molar-refractivity contribution in [2.75, 3.05) is 45.9 Å². The monoisotopic (exact) mass is 299 g/mol. The molecule has 1 fully saturated rings. The SMILES string of the molecule is CCNC(C)(CC(C)N1CCN(CC)CC1)C(=O)OCC. The molecular weight excluding hydrogens is 266 g/mol. The number of nitrogens with one attached hydrogen (secondary N) is 1. The highest BCUT2D eigenvalue weighted by Gasteiger charge is 2.37. The van der Waals surface area contributed by atoms with Gasteiger partial charge in [-0.3, -0.25) is 9.69 Å². The highest BCUT2D eigenvalue weighted by molar-refractivity contribution is 5.80. The summed E-state index contributed by atoms with van der Waals surface area (Å²) in [5, 5.41) is 3.32. The van der Waals surface area contributed by atoms with Gasteiger partial charge in [0.05, 0.1) is 6.61 Å². The number of carbonyl (C=O) groups is 1. The number of nitrogens with zero attached hydrogens (tertiary/aromatic N) is 2.